The Hall–Kier alpha value is -0.820. The van der Waals surface area contributed by atoms with E-state index in [0.29, 0.717) is 12.1 Å². The lowest BCUT2D eigenvalue weighted by atomic mass is 9.97. The van der Waals surface area contributed by atoms with Gasteiger partial charge >= 0.3 is 0 Å². The number of benzene rings is 1. The zero-order chi connectivity index (χ0) is 12.3. The summed E-state index contributed by atoms with van der Waals surface area (Å²) in [6, 6.07) is 9.95. The first-order chi connectivity index (χ1) is 8.16. The summed E-state index contributed by atoms with van der Waals surface area (Å²) in [7, 11) is 0. The predicted octanol–water partition coefficient (Wildman–Crippen LogP) is 4.22. The molecule has 1 N–H and O–H groups in total. The monoisotopic (exact) mass is 231 g/mol. The van der Waals surface area contributed by atoms with Crippen LogP contribution in [0.4, 0.5) is 0 Å². The molecule has 1 saturated carbocycles. The number of nitrogens with one attached hydrogen (secondary N) is 1. The number of rotatable bonds is 4. The Morgan fingerprint density at radius 1 is 1.18 bits per heavy atom. The quantitative estimate of drug-likeness (QED) is 0.818. The summed E-state index contributed by atoms with van der Waals surface area (Å²) < 4.78 is 0. The molecule has 0 saturated heterocycles. The second kappa shape index (κ2) is 5.68. The molecule has 0 heterocycles. The van der Waals surface area contributed by atoms with E-state index in [9.17, 15) is 0 Å². The minimum Gasteiger partial charge on any atom is -0.307 e. The summed E-state index contributed by atoms with van der Waals surface area (Å²) in [4.78, 5) is 0. The van der Waals surface area contributed by atoms with Gasteiger partial charge in [0.1, 0.15) is 0 Å². The van der Waals surface area contributed by atoms with E-state index in [2.05, 4.69) is 50.4 Å². The van der Waals surface area contributed by atoms with Crippen molar-refractivity contribution in [2.45, 2.75) is 58.5 Å². The van der Waals surface area contributed by atoms with Gasteiger partial charge in [0.05, 0.1) is 0 Å². The lowest BCUT2D eigenvalue weighted by molar-refractivity contribution is 0.352. The molecule has 17 heavy (non-hydrogen) atoms. The van der Waals surface area contributed by atoms with E-state index in [0.717, 1.165) is 5.92 Å². The molecule has 0 aliphatic heterocycles. The number of aryl methyl sites for hydroxylation is 1. The molecule has 0 bridgehead atoms. The topological polar surface area (TPSA) is 12.0 Å². The standard InChI is InChI=1S/C16H25N/c1-12-7-6-10-16(11-12)14(3)17-13(2)15-8-4-5-9-15/h6-7,10-11,13-15,17H,4-5,8-9H2,1-3H3/t13?,14-/m1/s1. The maximum atomic E-state index is 3.77. The van der Waals surface area contributed by atoms with Gasteiger partial charge in [-0.2, -0.15) is 0 Å². The number of hydrogen-bond acceptors (Lipinski definition) is 1. The molecule has 2 rings (SSSR count). The largest absolute Gasteiger partial charge is 0.307 e. The van der Waals surface area contributed by atoms with Crippen LogP contribution in [0.25, 0.3) is 0 Å². The van der Waals surface area contributed by atoms with Crippen molar-refractivity contribution >= 4 is 0 Å². The van der Waals surface area contributed by atoms with E-state index < -0.39 is 0 Å². The third kappa shape index (κ3) is 3.32. The highest BCUT2D eigenvalue weighted by Gasteiger charge is 2.22. The smallest absolute Gasteiger partial charge is 0.0294 e. The predicted molar refractivity (Wildman–Crippen MR) is 74.1 cm³/mol. The molecule has 0 aromatic heterocycles. The van der Waals surface area contributed by atoms with Crippen LogP contribution in [0.1, 0.15) is 56.7 Å². The van der Waals surface area contributed by atoms with Crippen LogP contribution in [-0.4, -0.2) is 6.04 Å². The minimum absolute atomic E-state index is 0.463. The second-order valence-corrected chi connectivity index (χ2v) is 5.64. The van der Waals surface area contributed by atoms with E-state index in [-0.39, 0.29) is 0 Å². The zero-order valence-corrected chi connectivity index (χ0v) is 11.4. The third-order valence-electron chi connectivity index (χ3n) is 4.16. The third-order valence-corrected chi connectivity index (χ3v) is 4.16. The molecule has 1 heteroatoms. The molecule has 1 aliphatic carbocycles. The molecule has 1 aromatic carbocycles. The SMILES string of the molecule is Cc1cccc([C@@H](C)NC(C)C2CCCC2)c1. The van der Waals surface area contributed by atoms with E-state index in [1.165, 1.54) is 36.8 Å². The lowest BCUT2D eigenvalue weighted by Crippen LogP contribution is -2.34. The van der Waals surface area contributed by atoms with Crippen LogP contribution < -0.4 is 5.32 Å². The van der Waals surface area contributed by atoms with Gasteiger partial charge in [-0.1, -0.05) is 42.7 Å². The lowest BCUT2D eigenvalue weighted by Gasteiger charge is -2.25. The van der Waals surface area contributed by atoms with Gasteiger partial charge in [-0.3, -0.25) is 0 Å². The van der Waals surface area contributed by atoms with Crippen molar-refractivity contribution in [1.82, 2.24) is 5.32 Å². The van der Waals surface area contributed by atoms with Crippen LogP contribution in [0.2, 0.25) is 0 Å². The van der Waals surface area contributed by atoms with Gasteiger partial charge in [0.25, 0.3) is 0 Å². The molecule has 0 spiro atoms. The first-order valence-electron chi connectivity index (χ1n) is 6.99. The van der Waals surface area contributed by atoms with Gasteiger partial charge in [0.2, 0.25) is 0 Å². The molecule has 1 fully saturated rings. The van der Waals surface area contributed by atoms with E-state index in [1.807, 2.05) is 0 Å². The molecule has 1 nitrogen and oxygen atoms in total. The molecule has 94 valence electrons. The first kappa shape index (κ1) is 12.6. The molecule has 1 aliphatic rings. The molecule has 2 atom stereocenters. The maximum absolute atomic E-state index is 3.77. The molecule has 1 unspecified atom stereocenters. The van der Waals surface area contributed by atoms with Crippen molar-refractivity contribution in [2.24, 2.45) is 5.92 Å². The van der Waals surface area contributed by atoms with Crippen LogP contribution in [-0.2, 0) is 0 Å². The highest BCUT2D eigenvalue weighted by atomic mass is 14.9. The Balaban J connectivity index is 1.93. The maximum Gasteiger partial charge on any atom is 0.0294 e. The van der Waals surface area contributed by atoms with Crippen molar-refractivity contribution in [3.05, 3.63) is 35.4 Å². The van der Waals surface area contributed by atoms with Crippen molar-refractivity contribution in [3.8, 4) is 0 Å². The summed E-state index contributed by atoms with van der Waals surface area (Å²) in [5.74, 6) is 0.891. The fourth-order valence-electron chi connectivity index (χ4n) is 3.02. The second-order valence-electron chi connectivity index (χ2n) is 5.64. The van der Waals surface area contributed by atoms with Gasteiger partial charge in [0, 0.05) is 12.1 Å². The number of hydrogen-bond donors (Lipinski definition) is 1. The summed E-state index contributed by atoms with van der Waals surface area (Å²) in [5, 5.41) is 3.77. The Labute approximate surface area is 106 Å². The zero-order valence-electron chi connectivity index (χ0n) is 11.4. The van der Waals surface area contributed by atoms with Crippen molar-refractivity contribution in [1.29, 1.82) is 0 Å². The van der Waals surface area contributed by atoms with Crippen LogP contribution in [0.15, 0.2) is 24.3 Å². The molecule has 0 radical (unpaired) electrons. The van der Waals surface area contributed by atoms with Crippen molar-refractivity contribution in [3.63, 3.8) is 0 Å². The van der Waals surface area contributed by atoms with Crippen LogP contribution >= 0.6 is 0 Å². The molecule has 0 amide bonds. The Morgan fingerprint density at radius 3 is 2.53 bits per heavy atom. The Kier molecular flexibility index (Phi) is 4.22. The summed E-state index contributed by atoms with van der Waals surface area (Å²) in [6.45, 7) is 6.79. The fourth-order valence-corrected chi connectivity index (χ4v) is 3.02. The van der Waals surface area contributed by atoms with E-state index in [1.54, 1.807) is 0 Å². The normalized spacial score (nSPS) is 20.4. The average molecular weight is 231 g/mol. The van der Waals surface area contributed by atoms with Crippen LogP contribution in [0.5, 0.6) is 0 Å². The molecule has 1 aromatic rings. The van der Waals surface area contributed by atoms with Gasteiger partial charge in [-0.15, -0.1) is 0 Å². The molecular formula is C16H25N. The highest BCUT2D eigenvalue weighted by Crippen LogP contribution is 2.28. The Morgan fingerprint density at radius 2 is 1.88 bits per heavy atom. The first-order valence-corrected chi connectivity index (χ1v) is 6.99. The summed E-state index contributed by atoms with van der Waals surface area (Å²) in [5.41, 5.74) is 2.76. The fraction of sp³-hybridized carbons (Fsp3) is 0.625. The van der Waals surface area contributed by atoms with Gasteiger partial charge in [-0.05, 0) is 45.1 Å². The van der Waals surface area contributed by atoms with Crippen molar-refractivity contribution in [2.75, 3.05) is 0 Å². The van der Waals surface area contributed by atoms with Gasteiger partial charge < -0.3 is 5.32 Å². The van der Waals surface area contributed by atoms with E-state index >= 15 is 0 Å². The molecular weight excluding hydrogens is 206 g/mol. The van der Waals surface area contributed by atoms with Crippen LogP contribution in [0, 0.1) is 12.8 Å². The van der Waals surface area contributed by atoms with Gasteiger partial charge in [0.15, 0.2) is 0 Å². The summed E-state index contributed by atoms with van der Waals surface area (Å²) >= 11 is 0. The average Bonchev–Trinajstić information content (AvgIpc) is 2.82. The van der Waals surface area contributed by atoms with Crippen molar-refractivity contribution < 1.29 is 0 Å². The highest BCUT2D eigenvalue weighted by molar-refractivity contribution is 5.24. The summed E-state index contributed by atoms with van der Waals surface area (Å²) in [6.07, 6.45) is 5.68. The van der Waals surface area contributed by atoms with E-state index in [4.69, 9.17) is 0 Å². The Bertz CT molecular complexity index is 352. The van der Waals surface area contributed by atoms with Gasteiger partial charge in [-0.25, -0.2) is 0 Å². The van der Waals surface area contributed by atoms with Crippen LogP contribution in [0.3, 0.4) is 0 Å². The minimum atomic E-state index is 0.463.